The SMILES string of the molecule is CCCCCCCCCCCCCCCc1cccc(C)c1C1C(C(=O)OCC)=C(COCCN)N=C(C)C1CCOC=O. The Kier molecular flexibility index (Phi) is 19.6. The van der Waals surface area contributed by atoms with Crippen molar-refractivity contribution in [2.24, 2.45) is 16.6 Å². The van der Waals surface area contributed by atoms with Gasteiger partial charge in [-0.2, -0.15) is 0 Å². The lowest BCUT2D eigenvalue weighted by molar-refractivity contribution is -0.139. The summed E-state index contributed by atoms with van der Waals surface area (Å²) in [5.41, 5.74) is 11.3. The molecule has 2 atom stereocenters. The number of rotatable bonds is 25. The number of ether oxygens (including phenoxy) is 3. The first-order chi connectivity index (χ1) is 21.5. The molecule has 1 aromatic rings. The average Bonchev–Trinajstić information content (AvgIpc) is 3.00. The molecule has 1 aliphatic heterocycles. The Morgan fingerprint density at radius 3 is 2.14 bits per heavy atom. The summed E-state index contributed by atoms with van der Waals surface area (Å²) >= 11 is 0. The van der Waals surface area contributed by atoms with Crippen LogP contribution >= 0.6 is 0 Å². The second-order valence-electron chi connectivity index (χ2n) is 12.2. The number of hydrogen-bond donors (Lipinski definition) is 1. The van der Waals surface area contributed by atoms with Crippen molar-refractivity contribution in [1.82, 2.24) is 0 Å². The van der Waals surface area contributed by atoms with Crippen molar-refractivity contribution in [1.29, 1.82) is 0 Å². The van der Waals surface area contributed by atoms with Gasteiger partial charge in [-0.3, -0.25) is 9.79 Å². The number of hydrogen-bond acceptors (Lipinski definition) is 7. The number of nitrogens with two attached hydrogens (primary N) is 1. The number of esters is 1. The first kappa shape index (κ1) is 37.7. The molecule has 0 saturated carbocycles. The number of aliphatic imine (C=N–C) groups is 1. The molecule has 0 saturated heterocycles. The fourth-order valence-electron chi connectivity index (χ4n) is 6.50. The van der Waals surface area contributed by atoms with Crippen molar-refractivity contribution in [3.8, 4) is 0 Å². The highest BCUT2D eigenvalue weighted by Crippen LogP contribution is 2.44. The molecule has 2 unspecified atom stereocenters. The lowest BCUT2D eigenvalue weighted by Crippen LogP contribution is -2.33. The third-order valence-corrected chi connectivity index (χ3v) is 8.76. The van der Waals surface area contributed by atoms with Gasteiger partial charge < -0.3 is 19.9 Å². The van der Waals surface area contributed by atoms with Gasteiger partial charge in [-0.15, -0.1) is 0 Å². The molecule has 0 amide bonds. The van der Waals surface area contributed by atoms with Crippen LogP contribution in [0.5, 0.6) is 0 Å². The molecule has 248 valence electrons. The van der Waals surface area contributed by atoms with Gasteiger partial charge in [-0.05, 0) is 56.7 Å². The molecule has 0 radical (unpaired) electrons. The van der Waals surface area contributed by atoms with Crippen LogP contribution in [0.15, 0.2) is 34.5 Å². The predicted octanol–water partition coefficient (Wildman–Crippen LogP) is 8.16. The molecule has 1 aliphatic rings. The van der Waals surface area contributed by atoms with Gasteiger partial charge in [0.05, 0.1) is 37.7 Å². The minimum atomic E-state index is -0.364. The normalized spacial score (nSPS) is 16.6. The number of carbonyl (C=O) groups is 2. The minimum Gasteiger partial charge on any atom is -0.468 e. The first-order valence-corrected chi connectivity index (χ1v) is 17.4. The van der Waals surface area contributed by atoms with E-state index in [1.165, 1.54) is 82.6 Å². The van der Waals surface area contributed by atoms with Crippen LogP contribution in [0.3, 0.4) is 0 Å². The van der Waals surface area contributed by atoms with E-state index < -0.39 is 0 Å². The van der Waals surface area contributed by atoms with Crippen LogP contribution in [0.25, 0.3) is 0 Å². The van der Waals surface area contributed by atoms with E-state index in [0.29, 0.717) is 37.3 Å². The fraction of sp³-hybridized carbons (Fsp3) is 0.703. The van der Waals surface area contributed by atoms with Crippen molar-refractivity contribution in [2.75, 3.05) is 33.0 Å². The van der Waals surface area contributed by atoms with Crippen LogP contribution < -0.4 is 5.73 Å². The van der Waals surface area contributed by atoms with E-state index in [1.54, 1.807) is 0 Å². The van der Waals surface area contributed by atoms with Crippen LogP contribution in [0.1, 0.15) is 133 Å². The third-order valence-electron chi connectivity index (χ3n) is 8.76. The van der Waals surface area contributed by atoms with Crippen molar-refractivity contribution >= 4 is 18.2 Å². The maximum atomic E-state index is 13.6. The molecule has 0 aromatic heterocycles. The smallest absolute Gasteiger partial charge is 0.336 e. The molecule has 44 heavy (non-hydrogen) atoms. The largest absolute Gasteiger partial charge is 0.468 e. The van der Waals surface area contributed by atoms with Gasteiger partial charge in [-0.1, -0.05) is 102 Å². The highest BCUT2D eigenvalue weighted by molar-refractivity contribution is 5.97. The summed E-state index contributed by atoms with van der Waals surface area (Å²) in [5, 5.41) is 0. The highest BCUT2D eigenvalue weighted by atomic mass is 16.5. The zero-order valence-corrected chi connectivity index (χ0v) is 28.2. The number of carbonyl (C=O) groups excluding carboxylic acids is 2. The lowest BCUT2D eigenvalue weighted by atomic mass is 9.71. The third kappa shape index (κ3) is 12.8. The first-order valence-electron chi connectivity index (χ1n) is 17.4. The molecule has 0 bridgehead atoms. The molecule has 2 rings (SSSR count). The molecule has 0 aliphatic carbocycles. The Hall–Kier alpha value is -2.51. The van der Waals surface area contributed by atoms with Crippen LogP contribution in [0.4, 0.5) is 0 Å². The Morgan fingerprint density at radius 2 is 1.55 bits per heavy atom. The standard InChI is InChI=1S/C37H60N2O5/c1-5-7-8-9-10-11-12-13-14-15-16-17-18-21-31-22-19-20-29(3)34(31)35-32(23-25-43-28-40)30(4)39-33(27-42-26-24-38)36(35)37(41)44-6-2/h19-20,22,28,32,35H,5-18,21,23-27,38H2,1-4H3. The molecule has 0 fully saturated rings. The van der Waals surface area contributed by atoms with Gasteiger partial charge in [0.25, 0.3) is 6.47 Å². The second-order valence-corrected chi connectivity index (χ2v) is 12.2. The Labute approximate surface area is 267 Å². The molecule has 7 heteroatoms. The van der Waals surface area contributed by atoms with Crippen molar-refractivity contribution in [3.05, 3.63) is 46.2 Å². The van der Waals surface area contributed by atoms with Crippen molar-refractivity contribution in [2.45, 2.75) is 130 Å². The van der Waals surface area contributed by atoms with E-state index in [9.17, 15) is 9.59 Å². The lowest BCUT2D eigenvalue weighted by Gasteiger charge is -2.35. The maximum absolute atomic E-state index is 13.6. The summed E-state index contributed by atoms with van der Waals surface area (Å²) in [7, 11) is 0. The van der Waals surface area contributed by atoms with E-state index in [4.69, 9.17) is 24.9 Å². The average molecular weight is 613 g/mol. The predicted molar refractivity (Wildman–Crippen MR) is 180 cm³/mol. The number of aryl methyl sites for hydroxylation is 2. The summed E-state index contributed by atoms with van der Waals surface area (Å²) in [6.07, 6.45) is 18.7. The summed E-state index contributed by atoms with van der Waals surface area (Å²) in [6.45, 7) is 10.2. The Balaban J connectivity index is 2.17. The van der Waals surface area contributed by atoms with Gasteiger partial charge in [0.15, 0.2) is 0 Å². The maximum Gasteiger partial charge on any atom is 0.336 e. The quantitative estimate of drug-likeness (QED) is 0.0679. The van der Waals surface area contributed by atoms with Crippen LogP contribution in [0.2, 0.25) is 0 Å². The van der Waals surface area contributed by atoms with Crippen LogP contribution in [-0.2, 0) is 30.2 Å². The van der Waals surface area contributed by atoms with Gasteiger partial charge in [0.2, 0.25) is 0 Å². The molecule has 1 heterocycles. The van der Waals surface area contributed by atoms with Crippen molar-refractivity contribution in [3.63, 3.8) is 0 Å². The highest BCUT2D eigenvalue weighted by Gasteiger charge is 2.40. The number of unbranched alkanes of at least 4 members (excludes halogenated alkanes) is 12. The van der Waals surface area contributed by atoms with Crippen LogP contribution in [0, 0.1) is 12.8 Å². The fourth-order valence-corrected chi connectivity index (χ4v) is 6.50. The van der Waals surface area contributed by atoms with E-state index in [0.717, 1.165) is 29.7 Å². The molecule has 0 spiro atoms. The summed E-state index contributed by atoms with van der Waals surface area (Å²) in [6, 6.07) is 6.44. The van der Waals surface area contributed by atoms with E-state index in [-0.39, 0.29) is 37.6 Å². The molecule has 1 aromatic carbocycles. The monoisotopic (exact) mass is 612 g/mol. The summed E-state index contributed by atoms with van der Waals surface area (Å²) < 4.78 is 16.5. The zero-order chi connectivity index (χ0) is 32.0. The van der Waals surface area contributed by atoms with E-state index in [2.05, 4.69) is 32.0 Å². The van der Waals surface area contributed by atoms with E-state index in [1.807, 2.05) is 13.8 Å². The molecular formula is C37H60N2O5. The Morgan fingerprint density at radius 1 is 0.909 bits per heavy atom. The van der Waals surface area contributed by atoms with Crippen molar-refractivity contribution < 1.29 is 23.8 Å². The van der Waals surface area contributed by atoms with Gasteiger partial charge in [0.1, 0.15) is 0 Å². The van der Waals surface area contributed by atoms with Gasteiger partial charge in [0, 0.05) is 24.1 Å². The minimum absolute atomic E-state index is 0.112. The molecular weight excluding hydrogens is 552 g/mol. The molecule has 2 N–H and O–H groups in total. The number of nitrogens with zero attached hydrogens (tertiary/aromatic N) is 1. The van der Waals surface area contributed by atoms with Gasteiger partial charge in [-0.25, -0.2) is 4.79 Å². The zero-order valence-electron chi connectivity index (χ0n) is 28.2. The number of benzene rings is 1. The topological polar surface area (TPSA) is 100 Å². The second kappa shape index (κ2) is 22.9. The molecule has 7 nitrogen and oxygen atoms in total. The van der Waals surface area contributed by atoms with Gasteiger partial charge >= 0.3 is 5.97 Å². The summed E-state index contributed by atoms with van der Waals surface area (Å²) in [5.74, 6) is -0.743. The van der Waals surface area contributed by atoms with Crippen LogP contribution in [-0.4, -0.2) is 51.1 Å². The Bertz CT molecular complexity index is 1030. The summed E-state index contributed by atoms with van der Waals surface area (Å²) in [4.78, 5) is 29.4. The van der Waals surface area contributed by atoms with E-state index >= 15 is 0 Å².